The van der Waals surface area contributed by atoms with Crippen LogP contribution in [0.5, 0.6) is 5.75 Å². The molecule has 0 aromatic heterocycles. The minimum absolute atomic E-state index is 0.197. The van der Waals surface area contributed by atoms with Gasteiger partial charge in [0.1, 0.15) is 11.3 Å². The van der Waals surface area contributed by atoms with E-state index >= 15 is 0 Å². The van der Waals surface area contributed by atoms with Crippen LogP contribution in [-0.2, 0) is 30.3 Å². The summed E-state index contributed by atoms with van der Waals surface area (Å²) in [5, 5.41) is 11.1. The van der Waals surface area contributed by atoms with E-state index in [1.54, 1.807) is 13.2 Å². The number of carboxylic acid groups (broad SMARTS) is 1. The molecule has 3 aromatic carbocycles. The first kappa shape index (κ1) is 32.5. The summed E-state index contributed by atoms with van der Waals surface area (Å²) in [4.78, 5) is 50.2. The summed E-state index contributed by atoms with van der Waals surface area (Å²) in [6, 6.07) is 21.9. The monoisotopic (exact) mass is 632 g/mol. The van der Waals surface area contributed by atoms with Crippen LogP contribution in [0.3, 0.4) is 0 Å². The Balaban J connectivity index is 0.000000566. The standard InChI is InChI=1S/C29H27ClN2O5.C2HF3O2/c1-32-26(33)23-24(27(32)34)29(28(35)37-3,16-17-8-5-4-6-9-17)31-25(23)19-12-13-21(22(15-19)36-2)18-10-7-11-20(30)14-18;3-2(4,5)1(6)7/h4-15,23-25,31H,16H2,1-3H3;(H,6,7)/t23?,24?,25?,29-;/m1./s1. The maximum absolute atomic E-state index is 13.4. The van der Waals surface area contributed by atoms with E-state index in [2.05, 4.69) is 5.32 Å². The number of fused-ring (bicyclic) bond motifs is 1. The number of aliphatic carboxylic acids is 1. The highest BCUT2D eigenvalue weighted by Gasteiger charge is 2.68. The van der Waals surface area contributed by atoms with Gasteiger partial charge in [0.2, 0.25) is 11.8 Å². The van der Waals surface area contributed by atoms with Gasteiger partial charge in [-0.2, -0.15) is 13.2 Å². The van der Waals surface area contributed by atoms with Crippen LogP contribution in [0.4, 0.5) is 13.2 Å². The van der Waals surface area contributed by atoms with Crippen LogP contribution in [0.25, 0.3) is 11.1 Å². The van der Waals surface area contributed by atoms with Crippen LogP contribution < -0.4 is 10.1 Å². The molecule has 13 heteroatoms. The number of ether oxygens (including phenoxy) is 2. The van der Waals surface area contributed by atoms with E-state index in [0.29, 0.717) is 10.8 Å². The Hall–Kier alpha value is -4.42. The van der Waals surface area contributed by atoms with Crippen molar-refractivity contribution in [2.45, 2.75) is 24.2 Å². The van der Waals surface area contributed by atoms with Crippen molar-refractivity contribution in [2.24, 2.45) is 11.8 Å². The Morgan fingerprint density at radius 3 is 2.23 bits per heavy atom. The van der Waals surface area contributed by atoms with E-state index in [1.807, 2.05) is 66.7 Å². The van der Waals surface area contributed by atoms with E-state index in [0.717, 1.165) is 27.2 Å². The smallest absolute Gasteiger partial charge is 0.490 e. The molecule has 2 amide bonds. The van der Waals surface area contributed by atoms with Crippen LogP contribution in [0, 0.1) is 11.8 Å². The third kappa shape index (κ3) is 6.13. The van der Waals surface area contributed by atoms with Crippen molar-refractivity contribution in [2.75, 3.05) is 21.3 Å². The Morgan fingerprint density at radius 2 is 1.66 bits per heavy atom. The summed E-state index contributed by atoms with van der Waals surface area (Å²) in [7, 11) is 4.34. The van der Waals surface area contributed by atoms with Gasteiger partial charge < -0.3 is 14.6 Å². The minimum atomic E-state index is -5.08. The van der Waals surface area contributed by atoms with E-state index in [9.17, 15) is 27.6 Å². The maximum Gasteiger partial charge on any atom is 0.490 e. The summed E-state index contributed by atoms with van der Waals surface area (Å²) in [6.45, 7) is 0. The normalized spacial score (nSPS) is 22.6. The highest BCUT2D eigenvalue weighted by molar-refractivity contribution is 6.30. The average Bonchev–Trinajstić information content (AvgIpc) is 3.45. The highest BCUT2D eigenvalue weighted by Crippen LogP contribution is 2.50. The fraction of sp³-hybridized carbons (Fsp3) is 0.290. The first-order chi connectivity index (χ1) is 20.7. The molecule has 2 N–H and O–H groups in total. The van der Waals surface area contributed by atoms with Gasteiger partial charge in [0.05, 0.1) is 26.1 Å². The Kier molecular flexibility index (Phi) is 9.36. The third-order valence-corrected chi connectivity index (χ3v) is 7.95. The molecule has 3 unspecified atom stereocenters. The number of halogens is 4. The molecule has 44 heavy (non-hydrogen) atoms. The van der Waals surface area contributed by atoms with Gasteiger partial charge in [0, 0.05) is 30.1 Å². The van der Waals surface area contributed by atoms with Gasteiger partial charge in [-0.25, -0.2) is 4.79 Å². The molecule has 0 aliphatic carbocycles. The van der Waals surface area contributed by atoms with Crippen LogP contribution >= 0.6 is 11.6 Å². The van der Waals surface area contributed by atoms with E-state index < -0.39 is 47.4 Å². The molecule has 9 nitrogen and oxygen atoms in total. The van der Waals surface area contributed by atoms with Crippen LogP contribution in [0.1, 0.15) is 17.2 Å². The zero-order valence-corrected chi connectivity index (χ0v) is 24.5. The van der Waals surface area contributed by atoms with Crippen molar-refractivity contribution in [3.05, 3.63) is 88.9 Å². The Morgan fingerprint density at radius 1 is 1.00 bits per heavy atom. The molecular weight excluding hydrogens is 605 g/mol. The number of amides is 2. The second-order valence-corrected chi connectivity index (χ2v) is 10.7. The third-order valence-electron chi connectivity index (χ3n) is 7.71. The SMILES string of the molecule is COC(=O)[C@]1(Cc2ccccc2)NC(c2ccc(-c3cccc(Cl)c3)c(OC)c2)C2C(=O)N(C)C(=O)C21.O=C(O)C(F)(F)F. The number of nitrogens with zero attached hydrogens (tertiary/aromatic N) is 1. The maximum atomic E-state index is 13.4. The zero-order chi connectivity index (χ0) is 32.4. The summed E-state index contributed by atoms with van der Waals surface area (Å²) < 4.78 is 42.7. The molecule has 0 bridgehead atoms. The van der Waals surface area contributed by atoms with Gasteiger partial charge in [-0.15, -0.1) is 0 Å². The van der Waals surface area contributed by atoms with E-state index in [1.165, 1.54) is 14.2 Å². The first-order valence-corrected chi connectivity index (χ1v) is 13.6. The van der Waals surface area contributed by atoms with Crippen LogP contribution in [0.15, 0.2) is 72.8 Å². The molecule has 2 fully saturated rings. The van der Waals surface area contributed by atoms with E-state index in [4.69, 9.17) is 31.0 Å². The topological polar surface area (TPSA) is 122 Å². The fourth-order valence-corrected chi connectivity index (χ4v) is 5.94. The number of carbonyl (C=O) groups excluding carboxylic acids is 3. The second kappa shape index (κ2) is 12.7. The number of carbonyl (C=O) groups is 4. The summed E-state index contributed by atoms with van der Waals surface area (Å²) in [5.74, 6) is -5.16. The van der Waals surface area contributed by atoms with Gasteiger partial charge in [-0.05, 0) is 34.9 Å². The number of rotatable bonds is 6. The second-order valence-electron chi connectivity index (χ2n) is 10.3. The fourth-order valence-electron chi connectivity index (χ4n) is 5.75. The lowest BCUT2D eigenvalue weighted by Gasteiger charge is -2.32. The molecular formula is C31H28ClF3N2O7. The van der Waals surface area contributed by atoms with Gasteiger partial charge >= 0.3 is 18.1 Å². The molecule has 3 aromatic rings. The van der Waals surface area contributed by atoms with Gasteiger partial charge in [0.15, 0.2) is 0 Å². The van der Waals surface area contributed by atoms with Crippen molar-refractivity contribution < 1.29 is 46.9 Å². The lowest BCUT2D eigenvalue weighted by molar-refractivity contribution is -0.192. The number of likely N-dealkylation sites (tertiary alicyclic amines) is 1. The number of imide groups is 1. The lowest BCUT2D eigenvalue weighted by atomic mass is 9.76. The number of methoxy groups -OCH3 is 2. The molecule has 0 spiro atoms. The van der Waals surface area contributed by atoms with Gasteiger partial charge in [0.25, 0.3) is 0 Å². The van der Waals surface area contributed by atoms with Crippen molar-refractivity contribution in [1.29, 1.82) is 0 Å². The molecule has 2 saturated heterocycles. The number of benzene rings is 3. The summed E-state index contributed by atoms with van der Waals surface area (Å²) >= 11 is 6.20. The zero-order valence-electron chi connectivity index (χ0n) is 23.7. The number of esters is 1. The molecule has 0 saturated carbocycles. The van der Waals surface area contributed by atoms with Crippen molar-refractivity contribution in [3.8, 4) is 16.9 Å². The molecule has 2 aliphatic rings. The molecule has 4 atom stereocenters. The average molecular weight is 633 g/mol. The predicted molar refractivity (Wildman–Crippen MR) is 153 cm³/mol. The highest BCUT2D eigenvalue weighted by atomic mass is 35.5. The predicted octanol–water partition coefficient (Wildman–Crippen LogP) is 4.68. The quantitative estimate of drug-likeness (QED) is 0.297. The molecule has 0 radical (unpaired) electrons. The van der Waals surface area contributed by atoms with Crippen molar-refractivity contribution in [1.82, 2.24) is 10.2 Å². The number of hydrogen-bond acceptors (Lipinski definition) is 7. The number of alkyl halides is 3. The van der Waals surface area contributed by atoms with E-state index in [-0.39, 0.29) is 12.3 Å². The van der Waals surface area contributed by atoms with Crippen molar-refractivity contribution in [3.63, 3.8) is 0 Å². The summed E-state index contributed by atoms with van der Waals surface area (Å²) in [6.07, 6.45) is -4.89. The van der Waals surface area contributed by atoms with Gasteiger partial charge in [-0.3, -0.25) is 24.6 Å². The molecule has 232 valence electrons. The lowest BCUT2D eigenvalue weighted by Crippen LogP contribution is -2.57. The number of carboxylic acids is 1. The van der Waals surface area contributed by atoms with Crippen LogP contribution in [0.2, 0.25) is 5.02 Å². The first-order valence-electron chi connectivity index (χ1n) is 13.2. The Labute approximate surface area is 255 Å². The number of hydrogen-bond donors (Lipinski definition) is 2. The van der Waals surface area contributed by atoms with Crippen molar-refractivity contribution >= 4 is 35.4 Å². The molecule has 2 aliphatic heterocycles. The molecule has 5 rings (SSSR count). The molecule has 2 heterocycles. The van der Waals surface area contributed by atoms with Gasteiger partial charge in [-0.1, -0.05) is 66.2 Å². The largest absolute Gasteiger partial charge is 0.496 e. The Bertz CT molecular complexity index is 1580. The summed E-state index contributed by atoms with van der Waals surface area (Å²) in [5.41, 5.74) is 1.88. The minimum Gasteiger partial charge on any atom is -0.496 e. The van der Waals surface area contributed by atoms with Crippen LogP contribution in [-0.4, -0.2) is 66.7 Å². The number of nitrogens with one attached hydrogen (secondary N) is 1.